The molecular weight excluding hydrogens is 430 g/mol. The number of carbonyl (C=O) groups excluding carboxylic acids is 2. The number of likely N-dealkylation sites (tertiary alicyclic amines) is 1. The number of nitrogens with zero attached hydrogens (tertiary/aromatic N) is 1. The molecule has 1 saturated heterocycles. The van der Waals surface area contributed by atoms with Crippen LogP contribution in [0.3, 0.4) is 0 Å². The summed E-state index contributed by atoms with van der Waals surface area (Å²) in [6.45, 7) is 7.17. The molecule has 6 heteroatoms. The van der Waals surface area contributed by atoms with Crippen LogP contribution in [0.1, 0.15) is 37.8 Å². The van der Waals surface area contributed by atoms with Crippen molar-refractivity contribution in [2.45, 2.75) is 33.6 Å². The van der Waals surface area contributed by atoms with E-state index >= 15 is 0 Å². The molecule has 0 unspecified atom stereocenters. The van der Waals surface area contributed by atoms with Crippen LogP contribution in [0, 0.1) is 12.8 Å². The van der Waals surface area contributed by atoms with Gasteiger partial charge in [0.1, 0.15) is 11.3 Å². The first kappa shape index (κ1) is 23.6. The summed E-state index contributed by atoms with van der Waals surface area (Å²) in [4.78, 5) is 26.8. The molecule has 0 bridgehead atoms. The highest BCUT2D eigenvalue weighted by molar-refractivity contribution is 6.01. The number of esters is 1. The normalized spacial score (nSPS) is 14.9. The molecule has 178 valence electrons. The third-order valence-electron chi connectivity index (χ3n) is 6.52. The predicted octanol–water partition coefficient (Wildman–Crippen LogP) is 5.62. The van der Waals surface area contributed by atoms with Crippen molar-refractivity contribution < 1.29 is 23.5 Å². The summed E-state index contributed by atoms with van der Waals surface area (Å²) >= 11 is 0. The van der Waals surface area contributed by atoms with Crippen molar-refractivity contribution in [2.24, 2.45) is 5.92 Å². The first-order valence-electron chi connectivity index (χ1n) is 11.7. The Kier molecular flexibility index (Phi) is 7.06. The molecule has 2 aromatic carbocycles. The lowest BCUT2D eigenvalue weighted by Gasteiger charge is -2.30. The van der Waals surface area contributed by atoms with Crippen LogP contribution in [0.4, 0.5) is 0 Å². The van der Waals surface area contributed by atoms with E-state index in [9.17, 15) is 9.59 Å². The van der Waals surface area contributed by atoms with Gasteiger partial charge in [-0.15, -0.1) is 0 Å². The van der Waals surface area contributed by atoms with E-state index in [1.807, 2.05) is 45.0 Å². The zero-order valence-corrected chi connectivity index (χ0v) is 20.2. The molecule has 3 aromatic rings. The molecule has 0 saturated carbocycles. The van der Waals surface area contributed by atoms with Crippen LogP contribution in [0.15, 0.2) is 53.2 Å². The van der Waals surface area contributed by atoms with Crippen molar-refractivity contribution in [3.63, 3.8) is 0 Å². The first-order valence-corrected chi connectivity index (χ1v) is 11.7. The van der Waals surface area contributed by atoms with Gasteiger partial charge in [0.2, 0.25) is 5.91 Å². The zero-order valence-electron chi connectivity index (χ0n) is 20.2. The number of allylic oxidation sites excluding steroid dienone is 1. The highest BCUT2D eigenvalue weighted by Crippen LogP contribution is 2.40. The Balaban J connectivity index is 1.62. The average molecular weight is 462 g/mol. The van der Waals surface area contributed by atoms with Crippen molar-refractivity contribution in [3.8, 4) is 16.9 Å². The van der Waals surface area contributed by atoms with Crippen LogP contribution in [0.2, 0.25) is 0 Å². The minimum atomic E-state index is -0.163. The van der Waals surface area contributed by atoms with Crippen LogP contribution in [-0.4, -0.2) is 43.6 Å². The van der Waals surface area contributed by atoms with E-state index in [-0.39, 0.29) is 17.8 Å². The number of hydrogen-bond donors (Lipinski definition) is 0. The van der Waals surface area contributed by atoms with Gasteiger partial charge in [-0.25, -0.2) is 0 Å². The summed E-state index contributed by atoms with van der Waals surface area (Å²) in [7, 11) is 1.63. The van der Waals surface area contributed by atoms with Gasteiger partial charge >= 0.3 is 5.97 Å². The largest absolute Gasteiger partial charge is 0.496 e. The number of fused-ring (bicyclic) bond motifs is 1. The van der Waals surface area contributed by atoms with E-state index in [1.165, 1.54) is 0 Å². The fraction of sp³-hybridized carbons (Fsp3) is 0.357. The van der Waals surface area contributed by atoms with Crippen LogP contribution < -0.4 is 4.74 Å². The highest BCUT2D eigenvalue weighted by Gasteiger charge is 2.28. The maximum Gasteiger partial charge on any atom is 0.309 e. The molecule has 1 aliphatic rings. The molecule has 2 heterocycles. The number of amides is 1. The number of hydrogen-bond acceptors (Lipinski definition) is 5. The number of piperidine rings is 1. The molecule has 0 radical (unpaired) electrons. The van der Waals surface area contributed by atoms with E-state index in [0.717, 1.165) is 38.8 Å². The maximum atomic E-state index is 13.0. The molecule has 0 aliphatic carbocycles. The van der Waals surface area contributed by atoms with Gasteiger partial charge in [0.15, 0.2) is 0 Å². The second-order valence-electron chi connectivity index (χ2n) is 8.65. The minimum absolute atomic E-state index is 0.0601. The lowest BCUT2D eigenvalue weighted by molar-refractivity contribution is -0.150. The third-order valence-corrected chi connectivity index (χ3v) is 6.52. The fourth-order valence-electron chi connectivity index (χ4n) is 4.66. The number of furan rings is 1. The summed E-state index contributed by atoms with van der Waals surface area (Å²) in [5.74, 6) is 0.347. The molecule has 1 amide bonds. The van der Waals surface area contributed by atoms with E-state index < -0.39 is 0 Å². The van der Waals surface area contributed by atoms with Crippen molar-refractivity contribution in [1.82, 2.24) is 4.90 Å². The molecule has 1 aliphatic heterocycles. The van der Waals surface area contributed by atoms with Gasteiger partial charge in [-0.05, 0) is 50.8 Å². The Morgan fingerprint density at radius 3 is 2.53 bits per heavy atom. The van der Waals surface area contributed by atoms with E-state index in [0.29, 0.717) is 38.3 Å². The number of methoxy groups -OCH3 is 1. The molecule has 0 N–H and O–H groups in total. The maximum absolute atomic E-state index is 13.0. The van der Waals surface area contributed by atoms with Gasteiger partial charge in [-0.1, -0.05) is 30.3 Å². The van der Waals surface area contributed by atoms with Gasteiger partial charge in [-0.3, -0.25) is 9.59 Å². The van der Waals surface area contributed by atoms with Crippen molar-refractivity contribution in [1.29, 1.82) is 0 Å². The SMILES string of the molecule is CCOC(=O)C1CCN(C(=O)/C=C(\C)c2cc3c(-c4ccccc4)coc3c(C)c2OC)CC1. The number of rotatable bonds is 6. The van der Waals surface area contributed by atoms with Crippen molar-refractivity contribution in [3.05, 3.63) is 59.9 Å². The summed E-state index contributed by atoms with van der Waals surface area (Å²) in [5.41, 5.74) is 5.43. The molecular formula is C28H31NO5. The van der Waals surface area contributed by atoms with Gasteiger partial charge < -0.3 is 18.8 Å². The van der Waals surface area contributed by atoms with Crippen molar-refractivity contribution >= 4 is 28.4 Å². The molecule has 6 nitrogen and oxygen atoms in total. The quantitative estimate of drug-likeness (QED) is 0.352. The molecule has 34 heavy (non-hydrogen) atoms. The second kappa shape index (κ2) is 10.2. The summed E-state index contributed by atoms with van der Waals surface area (Å²) in [5, 5.41) is 0.981. The zero-order chi connectivity index (χ0) is 24.2. The summed E-state index contributed by atoms with van der Waals surface area (Å²) in [6.07, 6.45) is 4.69. The average Bonchev–Trinajstić information content (AvgIpc) is 3.29. The van der Waals surface area contributed by atoms with Crippen LogP contribution in [-0.2, 0) is 14.3 Å². The Labute approximate surface area is 200 Å². The number of ether oxygens (including phenoxy) is 2. The summed E-state index contributed by atoms with van der Waals surface area (Å²) in [6, 6.07) is 12.1. The molecule has 0 atom stereocenters. The Morgan fingerprint density at radius 2 is 1.88 bits per heavy atom. The van der Waals surface area contributed by atoms with Gasteiger partial charge in [0.25, 0.3) is 0 Å². The highest BCUT2D eigenvalue weighted by atomic mass is 16.5. The monoisotopic (exact) mass is 461 g/mol. The topological polar surface area (TPSA) is 69.0 Å². The Morgan fingerprint density at radius 1 is 1.18 bits per heavy atom. The van der Waals surface area contributed by atoms with Crippen LogP contribution >= 0.6 is 0 Å². The standard InChI is InChI=1S/C28H31NO5/c1-5-33-28(31)21-11-13-29(14-12-21)25(30)15-18(2)22-16-23-24(20-9-7-6-8-10-20)17-34-27(23)19(3)26(22)32-4/h6-10,15-17,21H,5,11-14H2,1-4H3/b18-15+. The molecule has 4 rings (SSSR count). The lowest BCUT2D eigenvalue weighted by Crippen LogP contribution is -2.40. The number of aryl methyl sites for hydroxylation is 1. The number of carbonyl (C=O) groups is 2. The van der Waals surface area contributed by atoms with E-state index in [2.05, 4.69) is 12.1 Å². The number of benzene rings is 2. The molecule has 1 fully saturated rings. The fourth-order valence-corrected chi connectivity index (χ4v) is 4.66. The van der Waals surface area contributed by atoms with E-state index in [4.69, 9.17) is 13.9 Å². The first-order chi connectivity index (χ1) is 16.4. The third kappa shape index (κ3) is 4.58. The summed E-state index contributed by atoms with van der Waals surface area (Å²) < 4.78 is 16.8. The Bertz CT molecular complexity index is 1220. The molecule has 0 spiro atoms. The van der Waals surface area contributed by atoms with Crippen molar-refractivity contribution in [2.75, 3.05) is 26.8 Å². The van der Waals surface area contributed by atoms with Crippen LogP contribution in [0.5, 0.6) is 5.75 Å². The molecule has 1 aromatic heterocycles. The Hall–Kier alpha value is -3.54. The predicted molar refractivity (Wildman–Crippen MR) is 133 cm³/mol. The van der Waals surface area contributed by atoms with E-state index in [1.54, 1.807) is 24.3 Å². The lowest BCUT2D eigenvalue weighted by atomic mass is 9.95. The van der Waals surface area contributed by atoms with Crippen LogP contribution in [0.25, 0.3) is 27.7 Å². The second-order valence-corrected chi connectivity index (χ2v) is 8.65. The van der Waals surface area contributed by atoms with Gasteiger partial charge in [-0.2, -0.15) is 0 Å². The van der Waals surface area contributed by atoms with Gasteiger partial charge in [0.05, 0.1) is 25.9 Å². The van der Waals surface area contributed by atoms with Gasteiger partial charge in [0, 0.05) is 41.2 Å². The minimum Gasteiger partial charge on any atom is -0.496 e. The smallest absolute Gasteiger partial charge is 0.309 e.